The van der Waals surface area contributed by atoms with E-state index in [4.69, 9.17) is 23.8 Å². The maximum Gasteiger partial charge on any atom is 0.254 e. The molecule has 1 aliphatic heterocycles. The predicted molar refractivity (Wildman–Crippen MR) is 119 cm³/mol. The largest absolute Gasteiger partial charge is 0.336 e. The van der Waals surface area contributed by atoms with E-state index in [-0.39, 0.29) is 23.3 Å². The summed E-state index contributed by atoms with van der Waals surface area (Å²) in [7, 11) is 2.04. The van der Waals surface area contributed by atoms with Crippen molar-refractivity contribution >= 4 is 46.4 Å². The van der Waals surface area contributed by atoms with Crippen molar-refractivity contribution in [2.45, 2.75) is 6.42 Å². The second-order valence-corrected chi connectivity index (χ2v) is 7.77. The highest BCUT2D eigenvalue weighted by Crippen LogP contribution is 2.24. The van der Waals surface area contributed by atoms with Gasteiger partial charge in [0.05, 0.1) is 17.1 Å². The fourth-order valence-electron chi connectivity index (χ4n) is 3.05. The molecule has 0 aromatic heterocycles. The molecular formula is C21H23ClN4O2S. The Morgan fingerprint density at radius 3 is 2.45 bits per heavy atom. The molecule has 2 amide bonds. The molecule has 152 valence electrons. The first kappa shape index (κ1) is 21.2. The zero-order valence-electron chi connectivity index (χ0n) is 16.2. The smallest absolute Gasteiger partial charge is 0.254 e. The topological polar surface area (TPSA) is 64.7 Å². The first-order valence-corrected chi connectivity index (χ1v) is 10.1. The van der Waals surface area contributed by atoms with Crippen molar-refractivity contribution in [2.24, 2.45) is 0 Å². The third-order valence-electron chi connectivity index (χ3n) is 4.71. The summed E-state index contributed by atoms with van der Waals surface area (Å²) in [4.78, 5) is 29.0. The minimum atomic E-state index is -0.227. The SMILES string of the molecule is CN1CCN(C(=O)c2ccc(Cl)c(NC(=S)NC(=O)Cc3ccccc3)c2)CC1. The van der Waals surface area contributed by atoms with Crippen molar-refractivity contribution in [1.82, 2.24) is 15.1 Å². The van der Waals surface area contributed by atoms with Gasteiger partial charge in [0.15, 0.2) is 5.11 Å². The summed E-state index contributed by atoms with van der Waals surface area (Å²) in [5.74, 6) is -0.272. The second kappa shape index (κ2) is 9.82. The van der Waals surface area contributed by atoms with Crippen molar-refractivity contribution in [1.29, 1.82) is 0 Å². The summed E-state index contributed by atoms with van der Waals surface area (Å²) in [6.45, 7) is 3.08. The highest BCUT2D eigenvalue weighted by atomic mass is 35.5. The molecular weight excluding hydrogens is 408 g/mol. The summed E-state index contributed by atoms with van der Waals surface area (Å²) in [6.07, 6.45) is 0.221. The number of amides is 2. The molecule has 0 bridgehead atoms. The Morgan fingerprint density at radius 2 is 1.76 bits per heavy atom. The van der Waals surface area contributed by atoms with Gasteiger partial charge >= 0.3 is 0 Å². The number of nitrogens with zero attached hydrogens (tertiary/aromatic N) is 2. The van der Waals surface area contributed by atoms with Gasteiger partial charge < -0.3 is 20.4 Å². The fourth-order valence-corrected chi connectivity index (χ4v) is 3.44. The third-order valence-corrected chi connectivity index (χ3v) is 5.25. The molecule has 0 unspecified atom stereocenters. The highest BCUT2D eigenvalue weighted by molar-refractivity contribution is 7.80. The van der Waals surface area contributed by atoms with Gasteiger partial charge in [-0.2, -0.15) is 0 Å². The van der Waals surface area contributed by atoms with E-state index < -0.39 is 0 Å². The molecule has 3 rings (SSSR count). The number of carbonyl (C=O) groups excluding carboxylic acids is 2. The van der Waals surface area contributed by atoms with Gasteiger partial charge in [-0.15, -0.1) is 0 Å². The van der Waals surface area contributed by atoms with Crippen LogP contribution in [0.15, 0.2) is 48.5 Å². The Labute approximate surface area is 180 Å². The zero-order valence-corrected chi connectivity index (χ0v) is 17.7. The summed E-state index contributed by atoms with van der Waals surface area (Å²) in [6, 6.07) is 14.4. The number of hydrogen-bond donors (Lipinski definition) is 2. The van der Waals surface area contributed by atoms with Gasteiger partial charge in [-0.3, -0.25) is 9.59 Å². The molecule has 0 spiro atoms. The van der Waals surface area contributed by atoms with Gasteiger partial charge in [0.2, 0.25) is 5.91 Å². The van der Waals surface area contributed by atoms with E-state index >= 15 is 0 Å². The van der Waals surface area contributed by atoms with Crippen LogP contribution < -0.4 is 10.6 Å². The van der Waals surface area contributed by atoms with Gasteiger partial charge in [0, 0.05) is 31.7 Å². The monoisotopic (exact) mass is 430 g/mol. The molecule has 2 aromatic rings. The van der Waals surface area contributed by atoms with Gasteiger partial charge in [0.1, 0.15) is 0 Å². The number of hydrogen-bond acceptors (Lipinski definition) is 4. The minimum absolute atomic E-state index is 0.0446. The minimum Gasteiger partial charge on any atom is -0.336 e. The van der Waals surface area contributed by atoms with E-state index in [0.29, 0.717) is 29.4 Å². The zero-order chi connectivity index (χ0) is 20.8. The van der Waals surface area contributed by atoms with E-state index in [1.165, 1.54) is 0 Å². The molecule has 8 heteroatoms. The maximum absolute atomic E-state index is 12.8. The average Bonchev–Trinajstić information content (AvgIpc) is 2.70. The molecule has 1 aliphatic rings. The molecule has 2 N–H and O–H groups in total. The number of likely N-dealkylation sites (N-methyl/N-ethyl adjacent to an activating group) is 1. The third kappa shape index (κ3) is 6.00. The predicted octanol–water partition coefficient (Wildman–Crippen LogP) is 2.78. The van der Waals surface area contributed by atoms with Crippen LogP contribution in [0.2, 0.25) is 5.02 Å². The van der Waals surface area contributed by atoms with Crippen LogP contribution in [-0.4, -0.2) is 60.0 Å². The molecule has 6 nitrogen and oxygen atoms in total. The van der Waals surface area contributed by atoms with Crippen LogP contribution in [0.1, 0.15) is 15.9 Å². The average molecular weight is 431 g/mol. The quantitative estimate of drug-likeness (QED) is 0.730. The number of nitrogens with one attached hydrogen (secondary N) is 2. The van der Waals surface area contributed by atoms with Crippen LogP contribution in [0.3, 0.4) is 0 Å². The Bertz CT molecular complexity index is 899. The number of anilines is 1. The second-order valence-electron chi connectivity index (χ2n) is 6.95. The van der Waals surface area contributed by atoms with Crippen molar-refractivity contribution < 1.29 is 9.59 Å². The molecule has 1 heterocycles. The molecule has 0 saturated carbocycles. The lowest BCUT2D eigenvalue weighted by Gasteiger charge is -2.32. The number of piperazine rings is 1. The number of carbonyl (C=O) groups is 2. The van der Waals surface area contributed by atoms with Crippen LogP contribution in [0.4, 0.5) is 5.69 Å². The van der Waals surface area contributed by atoms with Crippen LogP contribution in [-0.2, 0) is 11.2 Å². The Kier molecular flexibility index (Phi) is 7.19. The maximum atomic E-state index is 12.8. The first-order valence-electron chi connectivity index (χ1n) is 9.34. The number of halogens is 1. The normalized spacial score (nSPS) is 14.3. The van der Waals surface area contributed by atoms with Crippen LogP contribution in [0.5, 0.6) is 0 Å². The van der Waals surface area contributed by atoms with Crippen LogP contribution >= 0.6 is 23.8 Å². The lowest BCUT2D eigenvalue weighted by Crippen LogP contribution is -2.47. The molecule has 0 aliphatic carbocycles. The lowest BCUT2D eigenvalue weighted by atomic mass is 10.1. The van der Waals surface area contributed by atoms with Crippen LogP contribution in [0, 0.1) is 0 Å². The molecule has 0 atom stereocenters. The van der Waals surface area contributed by atoms with E-state index in [0.717, 1.165) is 18.7 Å². The fraction of sp³-hybridized carbons (Fsp3) is 0.286. The van der Waals surface area contributed by atoms with Crippen molar-refractivity contribution in [3.8, 4) is 0 Å². The number of rotatable bonds is 4. The van der Waals surface area contributed by atoms with E-state index in [2.05, 4.69) is 15.5 Å². The Morgan fingerprint density at radius 1 is 1.07 bits per heavy atom. The van der Waals surface area contributed by atoms with E-state index in [9.17, 15) is 9.59 Å². The van der Waals surface area contributed by atoms with Gasteiger partial charge in [-0.05, 0) is 43.0 Å². The van der Waals surface area contributed by atoms with Crippen molar-refractivity contribution in [3.05, 3.63) is 64.7 Å². The number of benzene rings is 2. The highest BCUT2D eigenvalue weighted by Gasteiger charge is 2.21. The van der Waals surface area contributed by atoms with Crippen LogP contribution in [0.25, 0.3) is 0 Å². The molecule has 2 aromatic carbocycles. The van der Waals surface area contributed by atoms with Gasteiger partial charge in [-0.1, -0.05) is 41.9 Å². The first-order chi connectivity index (χ1) is 13.9. The van der Waals surface area contributed by atoms with Crippen molar-refractivity contribution in [3.63, 3.8) is 0 Å². The lowest BCUT2D eigenvalue weighted by molar-refractivity contribution is -0.119. The molecule has 1 saturated heterocycles. The number of thiocarbonyl (C=S) groups is 1. The van der Waals surface area contributed by atoms with Gasteiger partial charge in [-0.25, -0.2) is 0 Å². The summed E-state index contributed by atoms with van der Waals surface area (Å²) in [5, 5.41) is 6.12. The molecule has 1 fully saturated rings. The molecule has 0 radical (unpaired) electrons. The van der Waals surface area contributed by atoms with Crippen molar-refractivity contribution in [2.75, 3.05) is 38.5 Å². The Balaban J connectivity index is 1.61. The van der Waals surface area contributed by atoms with Gasteiger partial charge in [0.25, 0.3) is 5.91 Å². The Hall–Kier alpha value is -2.48. The van der Waals surface area contributed by atoms with E-state index in [1.807, 2.05) is 42.3 Å². The van der Waals surface area contributed by atoms with E-state index in [1.54, 1.807) is 18.2 Å². The summed E-state index contributed by atoms with van der Waals surface area (Å²) in [5.41, 5.74) is 1.90. The summed E-state index contributed by atoms with van der Waals surface area (Å²) < 4.78 is 0. The molecule has 29 heavy (non-hydrogen) atoms. The standard InChI is InChI=1S/C21H23ClN4O2S/c1-25-9-11-26(12-10-25)20(28)16-7-8-17(22)18(14-16)23-21(29)24-19(27)13-15-5-3-2-4-6-15/h2-8,14H,9-13H2,1H3,(H2,23,24,27,29). The summed E-state index contributed by atoms with van der Waals surface area (Å²) >= 11 is 11.5.